The SMILES string of the molecule is CC(C)(C)n1c(CO)nnc1-c1cc(F)cc([N+](=O)[O-])c1. The summed E-state index contributed by atoms with van der Waals surface area (Å²) in [6, 6.07) is 3.23. The normalized spacial score (nSPS) is 11.7. The lowest BCUT2D eigenvalue weighted by Crippen LogP contribution is -2.25. The fourth-order valence-corrected chi connectivity index (χ4v) is 2.12. The molecule has 7 nitrogen and oxygen atoms in total. The molecule has 0 spiro atoms. The van der Waals surface area contributed by atoms with Gasteiger partial charge in [0.1, 0.15) is 12.4 Å². The van der Waals surface area contributed by atoms with Crippen molar-refractivity contribution in [1.82, 2.24) is 14.8 Å². The van der Waals surface area contributed by atoms with Crippen LogP contribution >= 0.6 is 0 Å². The molecule has 1 heterocycles. The zero-order chi connectivity index (χ0) is 15.8. The first-order valence-corrected chi connectivity index (χ1v) is 6.25. The van der Waals surface area contributed by atoms with E-state index >= 15 is 0 Å². The highest BCUT2D eigenvalue weighted by molar-refractivity contribution is 5.60. The van der Waals surface area contributed by atoms with Crippen molar-refractivity contribution in [2.45, 2.75) is 32.9 Å². The number of nitro benzene ring substituents is 1. The van der Waals surface area contributed by atoms with Crippen LogP contribution in [0.5, 0.6) is 0 Å². The molecule has 2 rings (SSSR count). The van der Waals surface area contributed by atoms with Crippen LogP contribution in [0.1, 0.15) is 26.6 Å². The van der Waals surface area contributed by atoms with Crippen LogP contribution in [-0.4, -0.2) is 24.8 Å². The quantitative estimate of drug-likeness (QED) is 0.692. The van der Waals surface area contributed by atoms with Gasteiger partial charge in [0.15, 0.2) is 11.6 Å². The van der Waals surface area contributed by atoms with Crippen molar-refractivity contribution >= 4 is 5.69 Å². The number of hydrogen-bond donors (Lipinski definition) is 1. The second-order valence-corrected chi connectivity index (χ2v) is 5.56. The van der Waals surface area contributed by atoms with Gasteiger partial charge in [-0.05, 0) is 26.8 Å². The molecule has 0 unspecified atom stereocenters. The lowest BCUT2D eigenvalue weighted by Gasteiger charge is -2.24. The largest absolute Gasteiger partial charge is 0.388 e. The Morgan fingerprint density at radius 2 is 2.00 bits per heavy atom. The maximum Gasteiger partial charge on any atom is 0.273 e. The van der Waals surface area contributed by atoms with E-state index in [9.17, 15) is 19.6 Å². The van der Waals surface area contributed by atoms with Crippen LogP contribution in [0.25, 0.3) is 11.4 Å². The van der Waals surface area contributed by atoms with E-state index in [0.717, 1.165) is 12.1 Å². The van der Waals surface area contributed by atoms with E-state index in [2.05, 4.69) is 10.2 Å². The summed E-state index contributed by atoms with van der Waals surface area (Å²) in [5.74, 6) is -0.147. The number of non-ortho nitro benzene ring substituents is 1. The number of nitrogens with zero attached hydrogens (tertiary/aromatic N) is 4. The summed E-state index contributed by atoms with van der Waals surface area (Å²) >= 11 is 0. The molecule has 0 aliphatic carbocycles. The Bertz CT molecular complexity index is 691. The van der Waals surface area contributed by atoms with E-state index < -0.39 is 16.3 Å². The van der Waals surface area contributed by atoms with Crippen LogP contribution in [0.4, 0.5) is 10.1 Å². The fraction of sp³-hybridized carbons (Fsp3) is 0.385. The zero-order valence-electron chi connectivity index (χ0n) is 11.9. The average Bonchev–Trinajstić information content (AvgIpc) is 2.81. The first kappa shape index (κ1) is 15.0. The Labute approximate surface area is 120 Å². The summed E-state index contributed by atoms with van der Waals surface area (Å²) in [4.78, 5) is 10.2. The maximum absolute atomic E-state index is 13.6. The molecular formula is C13H15FN4O3. The van der Waals surface area contributed by atoms with Crippen LogP contribution in [0.3, 0.4) is 0 Å². The molecule has 0 atom stereocenters. The van der Waals surface area contributed by atoms with Crippen LogP contribution in [0.2, 0.25) is 0 Å². The molecular weight excluding hydrogens is 279 g/mol. The van der Waals surface area contributed by atoms with Gasteiger partial charge in [0.05, 0.1) is 11.0 Å². The van der Waals surface area contributed by atoms with Crippen molar-refractivity contribution in [3.05, 3.63) is 40.0 Å². The van der Waals surface area contributed by atoms with Crippen LogP contribution < -0.4 is 0 Å². The van der Waals surface area contributed by atoms with E-state index in [1.165, 1.54) is 6.07 Å². The van der Waals surface area contributed by atoms with Crippen LogP contribution in [0, 0.1) is 15.9 Å². The Morgan fingerprint density at radius 3 is 2.52 bits per heavy atom. The smallest absolute Gasteiger partial charge is 0.273 e. The van der Waals surface area contributed by atoms with Gasteiger partial charge in [-0.25, -0.2) is 4.39 Å². The fourth-order valence-electron chi connectivity index (χ4n) is 2.12. The van der Waals surface area contributed by atoms with Gasteiger partial charge < -0.3 is 9.67 Å². The van der Waals surface area contributed by atoms with Gasteiger partial charge in [0.2, 0.25) is 0 Å². The molecule has 0 saturated carbocycles. The third-order valence-corrected chi connectivity index (χ3v) is 2.89. The van der Waals surface area contributed by atoms with Gasteiger partial charge >= 0.3 is 0 Å². The van der Waals surface area contributed by atoms with E-state index in [-0.39, 0.29) is 23.7 Å². The lowest BCUT2D eigenvalue weighted by atomic mass is 10.1. The van der Waals surface area contributed by atoms with Gasteiger partial charge in [-0.2, -0.15) is 0 Å². The minimum atomic E-state index is -0.729. The van der Waals surface area contributed by atoms with Gasteiger partial charge in [0, 0.05) is 17.2 Å². The number of aliphatic hydroxyl groups excluding tert-OH is 1. The van der Waals surface area contributed by atoms with Crippen LogP contribution in [0.15, 0.2) is 18.2 Å². The highest BCUT2D eigenvalue weighted by Crippen LogP contribution is 2.29. The Morgan fingerprint density at radius 1 is 1.33 bits per heavy atom. The van der Waals surface area contributed by atoms with Crippen molar-refractivity contribution in [2.75, 3.05) is 0 Å². The number of aromatic nitrogens is 3. The molecule has 0 saturated heterocycles. The number of aliphatic hydroxyl groups is 1. The Balaban J connectivity index is 2.68. The molecule has 1 N–H and O–H groups in total. The number of rotatable bonds is 3. The summed E-state index contributed by atoms with van der Waals surface area (Å²) in [6.07, 6.45) is 0. The predicted octanol–water partition coefficient (Wildman–Crippen LogP) is 2.24. The highest BCUT2D eigenvalue weighted by Gasteiger charge is 2.25. The summed E-state index contributed by atoms with van der Waals surface area (Å²) in [7, 11) is 0. The van der Waals surface area contributed by atoms with Gasteiger partial charge in [0.25, 0.3) is 5.69 Å². The number of nitro groups is 1. The maximum atomic E-state index is 13.6. The second-order valence-electron chi connectivity index (χ2n) is 5.56. The van der Waals surface area contributed by atoms with Gasteiger partial charge in [-0.3, -0.25) is 10.1 Å². The third kappa shape index (κ3) is 2.89. The van der Waals surface area contributed by atoms with E-state index in [4.69, 9.17) is 0 Å². The molecule has 112 valence electrons. The van der Waals surface area contributed by atoms with E-state index in [0.29, 0.717) is 5.82 Å². The Hall–Kier alpha value is -2.35. The molecule has 0 aliphatic rings. The predicted molar refractivity (Wildman–Crippen MR) is 73.0 cm³/mol. The van der Waals surface area contributed by atoms with Crippen LogP contribution in [-0.2, 0) is 12.1 Å². The first-order chi connectivity index (χ1) is 9.74. The molecule has 0 radical (unpaired) electrons. The molecule has 0 bridgehead atoms. The van der Waals surface area contributed by atoms with Crippen molar-refractivity contribution < 1.29 is 14.4 Å². The number of benzene rings is 1. The minimum Gasteiger partial charge on any atom is -0.388 e. The summed E-state index contributed by atoms with van der Waals surface area (Å²) in [5.41, 5.74) is -0.597. The van der Waals surface area contributed by atoms with E-state index in [1.807, 2.05) is 20.8 Å². The topological polar surface area (TPSA) is 94.1 Å². The average molecular weight is 294 g/mol. The van der Waals surface area contributed by atoms with Crippen molar-refractivity contribution in [3.8, 4) is 11.4 Å². The summed E-state index contributed by atoms with van der Waals surface area (Å²) in [5, 5.41) is 28.0. The second kappa shape index (κ2) is 5.21. The lowest BCUT2D eigenvalue weighted by molar-refractivity contribution is -0.385. The van der Waals surface area contributed by atoms with Crippen molar-refractivity contribution in [2.24, 2.45) is 0 Å². The molecule has 1 aromatic heterocycles. The van der Waals surface area contributed by atoms with Crippen molar-refractivity contribution in [1.29, 1.82) is 0 Å². The standard InChI is InChI=1S/C13H15FN4O3/c1-13(2,3)17-11(7-19)15-16-12(17)8-4-9(14)6-10(5-8)18(20)21/h4-6,19H,7H2,1-3H3. The summed E-state index contributed by atoms with van der Waals surface area (Å²) < 4.78 is 15.2. The molecule has 0 amide bonds. The monoisotopic (exact) mass is 294 g/mol. The zero-order valence-corrected chi connectivity index (χ0v) is 11.9. The molecule has 8 heteroatoms. The molecule has 1 aromatic carbocycles. The highest BCUT2D eigenvalue weighted by atomic mass is 19.1. The summed E-state index contributed by atoms with van der Waals surface area (Å²) in [6.45, 7) is 5.27. The van der Waals surface area contributed by atoms with Gasteiger partial charge in [-0.1, -0.05) is 0 Å². The van der Waals surface area contributed by atoms with E-state index in [1.54, 1.807) is 4.57 Å². The van der Waals surface area contributed by atoms with Gasteiger partial charge in [-0.15, -0.1) is 10.2 Å². The third-order valence-electron chi connectivity index (χ3n) is 2.89. The van der Waals surface area contributed by atoms with Crippen molar-refractivity contribution in [3.63, 3.8) is 0 Å². The Kier molecular flexibility index (Phi) is 3.73. The molecule has 21 heavy (non-hydrogen) atoms. The number of hydrogen-bond acceptors (Lipinski definition) is 5. The minimum absolute atomic E-state index is 0.240. The number of halogens is 1. The molecule has 0 aliphatic heterocycles. The molecule has 0 fully saturated rings. The molecule has 2 aromatic rings. The first-order valence-electron chi connectivity index (χ1n) is 6.25.